The molecule has 2 fully saturated rings. The number of piperidine rings is 2. The van der Waals surface area contributed by atoms with Gasteiger partial charge in [-0.05, 0) is 127 Å². The van der Waals surface area contributed by atoms with E-state index in [1.165, 1.54) is 45.2 Å². The van der Waals surface area contributed by atoms with Crippen LogP contribution >= 0.6 is 15.9 Å². The lowest BCUT2D eigenvalue weighted by Crippen LogP contribution is -2.38. The molecule has 0 saturated carbocycles. The molecule has 7 heteroatoms. The van der Waals surface area contributed by atoms with Crippen molar-refractivity contribution in [1.29, 1.82) is 0 Å². The van der Waals surface area contributed by atoms with Crippen molar-refractivity contribution in [1.82, 2.24) is 15.1 Å². The molecule has 4 aromatic carbocycles. The van der Waals surface area contributed by atoms with Gasteiger partial charge in [0.15, 0.2) is 0 Å². The molecule has 0 aliphatic carbocycles. The van der Waals surface area contributed by atoms with Crippen LogP contribution in [0.3, 0.4) is 0 Å². The average Bonchev–Trinajstić information content (AvgIpc) is 3.15. The second-order valence-electron chi connectivity index (χ2n) is 14.2. The number of hydrogen-bond acceptors (Lipinski definition) is 4. The van der Waals surface area contributed by atoms with Gasteiger partial charge in [0.1, 0.15) is 5.75 Å². The zero-order chi connectivity index (χ0) is 34.7. The molecule has 0 bridgehead atoms. The van der Waals surface area contributed by atoms with Crippen LogP contribution in [0.5, 0.6) is 5.75 Å². The molecule has 50 heavy (non-hydrogen) atoms. The van der Waals surface area contributed by atoms with Crippen molar-refractivity contribution in [3.8, 4) is 16.9 Å². The Bertz CT molecular complexity index is 1690. The third-order valence-electron chi connectivity index (χ3n) is 10.6. The van der Waals surface area contributed by atoms with E-state index in [1.54, 1.807) is 12.1 Å². The zero-order valence-corrected chi connectivity index (χ0v) is 30.6. The number of aromatic hydroxyl groups is 1. The molecule has 0 atom stereocenters. The molecule has 0 spiro atoms. The summed E-state index contributed by atoms with van der Waals surface area (Å²) in [5.41, 5.74) is 5.84. The normalized spacial score (nSPS) is 15.6. The molecule has 0 unspecified atom stereocenters. The maximum absolute atomic E-state index is 13.7. The van der Waals surface area contributed by atoms with E-state index in [4.69, 9.17) is 0 Å². The first-order chi connectivity index (χ1) is 24.4. The molecule has 2 saturated heterocycles. The molecular weight excluding hydrogens is 686 g/mol. The highest BCUT2D eigenvalue weighted by Gasteiger charge is 2.24. The van der Waals surface area contributed by atoms with E-state index in [2.05, 4.69) is 45.5 Å². The molecule has 6 rings (SSSR count). The Hall–Kier alpha value is -3.94. The van der Waals surface area contributed by atoms with Crippen LogP contribution in [-0.2, 0) is 24.2 Å². The lowest BCUT2D eigenvalue weighted by Gasteiger charge is -2.32. The second-order valence-corrected chi connectivity index (χ2v) is 15.1. The summed E-state index contributed by atoms with van der Waals surface area (Å²) in [6.07, 6.45) is 9.82. The summed E-state index contributed by atoms with van der Waals surface area (Å²) in [6.45, 7) is 5.06. The van der Waals surface area contributed by atoms with Crippen molar-refractivity contribution in [2.24, 2.45) is 11.8 Å². The predicted molar refractivity (Wildman–Crippen MR) is 205 cm³/mol. The van der Waals surface area contributed by atoms with Crippen LogP contribution in [0.2, 0.25) is 0 Å². The Labute approximate surface area is 306 Å². The number of likely N-dealkylation sites (tertiary alicyclic amines) is 1. The maximum Gasteiger partial charge on any atom is 0.253 e. The van der Waals surface area contributed by atoms with Crippen molar-refractivity contribution < 1.29 is 14.7 Å². The highest BCUT2D eigenvalue weighted by Crippen LogP contribution is 2.28. The summed E-state index contributed by atoms with van der Waals surface area (Å²) < 4.78 is 0.985. The van der Waals surface area contributed by atoms with Crippen LogP contribution in [0.15, 0.2) is 102 Å². The summed E-state index contributed by atoms with van der Waals surface area (Å²) in [5.74, 6) is 2.05. The topological polar surface area (TPSA) is 72.9 Å². The lowest BCUT2D eigenvalue weighted by atomic mass is 9.87. The minimum absolute atomic E-state index is 0.0645. The Kier molecular flexibility index (Phi) is 12.8. The quantitative estimate of drug-likeness (QED) is 0.144. The van der Waals surface area contributed by atoms with Gasteiger partial charge in [-0.25, -0.2) is 0 Å². The third kappa shape index (κ3) is 10.3. The fourth-order valence-electron chi connectivity index (χ4n) is 7.48. The van der Waals surface area contributed by atoms with Gasteiger partial charge in [0.2, 0.25) is 5.91 Å². The van der Waals surface area contributed by atoms with E-state index in [0.29, 0.717) is 25.9 Å². The van der Waals surface area contributed by atoms with Gasteiger partial charge in [-0.3, -0.25) is 9.59 Å². The highest BCUT2D eigenvalue weighted by molar-refractivity contribution is 9.10. The molecule has 2 amide bonds. The average molecular weight is 737 g/mol. The van der Waals surface area contributed by atoms with Gasteiger partial charge in [0.25, 0.3) is 5.91 Å². The number of phenols is 1. The summed E-state index contributed by atoms with van der Waals surface area (Å²) in [4.78, 5) is 31.3. The van der Waals surface area contributed by atoms with E-state index in [0.717, 1.165) is 75.6 Å². The molecule has 6 nitrogen and oxygen atoms in total. The number of amides is 2. The molecular formula is C43H50BrN3O3. The maximum atomic E-state index is 13.7. The van der Waals surface area contributed by atoms with Gasteiger partial charge < -0.3 is 20.2 Å². The molecule has 0 aromatic heterocycles. The van der Waals surface area contributed by atoms with Crippen molar-refractivity contribution in [2.45, 2.75) is 64.3 Å². The number of nitrogens with one attached hydrogen (secondary N) is 1. The first-order valence-corrected chi connectivity index (χ1v) is 19.2. The zero-order valence-electron chi connectivity index (χ0n) is 29.0. The van der Waals surface area contributed by atoms with Gasteiger partial charge in [-0.1, -0.05) is 89.8 Å². The monoisotopic (exact) mass is 735 g/mol. The molecule has 262 valence electrons. The van der Waals surface area contributed by atoms with Crippen LogP contribution < -0.4 is 5.32 Å². The van der Waals surface area contributed by atoms with Crippen LogP contribution in [-0.4, -0.2) is 59.4 Å². The molecule has 0 radical (unpaired) electrons. The number of benzene rings is 4. The number of phenolic OH excluding ortho intramolecular Hbond substituents is 1. The van der Waals surface area contributed by atoms with E-state index in [-0.39, 0.29) is 17.6 Å². The van der Waals surface area contributed by atoms with Gasteiger partial charge >= 0.3 is 0 Å². The standard InChI is InChI=1S/C43H50BrN3O3/c44-40-14-10-35(11-15-40)29-42(49)47(27-22-34-12-16-41(48)17-13-34)31-36-6-2-7-37(28-36)38-8-3-9-39(30-38)43(50)46-25-20-33(21-26-46)5-1-4-32-18-23-45-24-19-32/h2-3,6-17,28,30,32-33,45,48H,1,4-5,18-27,29,31H2. The first-order valence-electron chi connectivity index (χ1n) is 18.4. The summed E-state index contributed by atoms with van der Waals surface area (Å²) in [5, 5.41) is 13.2. The summed E-state index contributed by atoms with van der Waals surface area (Å²) >= 11 is 3.48. The number of carbonyl (C=O) groups excluding carboxylic acids is 2. The van der Waals surface area contributed by atoms with Crippen LogP contribution in [0.4, 0.5) is 0 Å². The Morgan fingerprint density at radius 1 is 0.760 bits per heavy atom. The van der Waals surface area contributed by atoms with E-state index < -0.39 is 0 Å². The Morgan fingerprint density at radius 2 is 1.40 bits per heavy atom. The minimum atomic E-state index is 0.0645. The number of hydrogen-bond donors (Lipinski definition) is 2. The van der Waals surface area contributed by atoms with Crippen LogP contribution in [0, 0.1) is 11.8 Å². The van der Waals surface area contributed by atoms with Crippen LogP contribution in [0.1, 0.15) is 72.0 Å². The highest BCUT2D eigenvalue weighted by atomic mass is 79.9. The van der Waals surface area contributed by atoms with Crippen molar-refractivity contribution in [2.75, 3.05) is 32.7 Å². The first kappa shape index (κ1) is 35.9. The van der Waals surface area contributed by atoms with E-state index in [9.17, 15) is 14.7 Å². The number of rotatable bonds is 13. The van der Waals surface area contributed by atoms with Crippen molar-refractivity contribution in [3.05, 3.63) is 124 Å². The van der Waals surface area contributed by atoms with E-state index >= 15 is 0 Å². The second kappa shape index (κ2) is 17.8. The molecule has 4 aromatic rings. The number of halogens is 1. The van der Waals surface area contributed by atoms with Crippen molar-refractivity contribution in [3.63, 3.8) is 0 Å². The predicted octanol–water partition coefficient (Wildman–Crippen LogP) is 8.66. The fraction of sp³-hybridized carbons (Fsp3) is 0.395. The fourth-order valence-corrected chi connectivity index (χ4v) is 7.75. The van der Waals surface area contributed by atoms with E-state index in [1.807, 2.05) is 70.5 Å². The SMILES string of the molecule is O=C(Cc1ccc(Br)cc1)N(CCc1ccc(O)cc1)Cc1cccc(-c2cccc(C(=O)N3CCC(CCCC4CCNCC4)CC3)c2)c1. The van der Waals surface area contributed by atoms with Crippen molar-refractivity contribution >= 4 is 27.7 Å². The number of nitrogens with zero attached hydrogens (tertiary/aromatic N) is 2. The molecule has 2 N–H and O–H groups in total. The largest absolute Gasteiger partial charge is 0.508 e. The third-order valence-corrected chi connectivity index (χ3v) is 11.1. The van der Waals surface area contributed by atoms with Gasteiger partial charge in [-0.2, -0.15) is 0 Å². The molecule has 2 heterocycles. The van der Waals surface area contributed by atoms with Gasteiger partial charge in [0.05, 0.1) is 6.42 Å². The molecule has 2 aliphatic rings. The Morgan fingerprint density at radius 3 is 2.12 bits per heavy atom. The Balaban J connectivity index is 1.08. The summed E-state index contributed by atoms with van der Waals surface area (Å²) in [7, 11) is 0. The molecule has 2 aliphatic heterocycles. The number of carbonyl (C=O) groups is 2. The lowest BCUT2D eigenvalue weighted by molar-refractivity contribution is -0.131. The van der Waals surface area contributed by atoms with Gasteiger partial charge in [0, 0.05) is 36.2 Å². The minimum Gasteiger partial charge on any atom is -0.508 e. The van der Waals surface area contributed by atoms with Crippen LogP contribution in [0.25, 0.3) is 11.1 Å². The smallest absolute Gasteiger partial charge is 0.253 e. The van der Waals surface area contributed by atoms with Gasteiger partial charge in [-0.15, -0.1) is 0 Å². The summed E-state index contributed by atoms with van der Waals surface area (Å²) in [6, 6.07) is 31.4.